The van der Waals surface area contributed by atoms with Crippen molar-refractivity contribution < 1.29 is 22.7 Å². The Labute approximate surface area is 158 Å². The van der Waals surface area contributed by atoms with Gasteiger partial charge in [0.25, 0.3) is 0 Å². The summed E-state index contributed by atoms with van der Waals surface area (Å²) in [5.41, 5.74) is 0.783. The summed E-state index contributed by atoms with van der Waals surface area (Å²) in [4.78, 5) is 12.1. The van der Waals surface area contributed by atoms with E-state index in [1.54, 1.807) is 51.1 Å². The van der Waals surface area contributed by atoms with Crippen LogP contribution < -0.4 is 4.74 Å². The van der Waals surface area contributed by atoms with E-state index in [1.165, 1.54) is 12.1 Å². The molecule has 0 atom stereocenters. The molecule has 0 saturated heterocycles. The number of esters is 1. The zero-order valence-corrected chi connectivity index (χ0v) is 16.6. The standard InChI is InChI=1S/C19H21ClO5S/c1-19(2,3)25-18(21)12-24-17-10-7-14(20)11-16(17)13-5-8-15(9-6-13)26(4,22)23/h5-11H,12H2,1-4H3. The molecule has 140 valence electrons. The van der Waals surface area contributed by atoms with E-state index in [4.69, 9.17) is 21.1 Å². The summed E-state index contributed by atoms with van der Waals surface area (Å²) in [7, 11) is -3.28. The van der Waals surface area contributed by atoms with Crippen LogP contribution in [-0.4, -0.2) is 32.9 Å². The van der Waals surface area contributed by atoms with Crippen LogP contribution in [0.5, 0.6) is 5.75 Å². The number of benzene rings is 2. The lowest BCUT2D eigenvalue weighted by atomic mass is 10.0. The zero-order valence-electron chi connectivity index (χ0n) is 15.1. The topological polar surface area (TPSA) is 69.7 Å². The van der Waals surface area contributed by atoms with E-state index in [9.17, 15) is 13.2 Å². The van der Waals surface area contributed by atoms with Crippen molar-refractivity contribution in [2.45, 2.75) is 31.3 Å². The highest BCUT2D eigenvalue weighted by Gasteiger charge is 2.17. The molecule has 0 heterocycles. The summed E-state index contributed by atoms with van der Waals surface area (Å²) in [5, 5.41) is 0.497. The van der Waals surface area contributed by atoms with Crippen LogP contribution in [0.1, 0.15) is 20.8 Å². The van der Waals surface area contributed by atoms with Crippen LogP contribution in [0.3, 0.4) is 0 Å². The van der Waals surface area contributed by atoms with Gasteiger partial charge in [-0.25, -0.2) is 13.2 Å². The van der Waals surface area contributed by atoms with Crippen molar-refractivity contribution in [3.8, 4) is 16.9 Å². The summed E-state index contributed by atoms with van der Waals surface area (Å²) in [6, 6.07) is 11.4. The number of ether oxygens (including phenoxy) is 2. The van der Waals surface area contributed by atoms with Crippen molar-refractivity contribution in [3.63, 3.8) is 0 Å². The number of carbonyl (C=O) groups is 1. The summed E-state index contributed by atoms with van der Waals surface area (Å²) in [5.74, 6) is -0.0295. The number of sulfone groups is 1. The van der Waals surface area contributed by atoms with Gasteiger partial charge in [-0.1, -0.05) is 23.7 Å². The molecule has 2 aromatic rings. The van der Waals surface area contributed by atoms with Gasteiger partial charge < -0.3 is 9.47 Å². The van der Waals surface area contributed by atoms with E-state index in [0.717, 1.165) is 11.8 Å². The fraction of sp³-hybridized carbons (Fsp3) is 0.316. The predicted molar refractivity (Wildman–Crippen MR) is 101 cm³/mol. The first-order valence-electron chi connectivity index (χ1n) is 7.90. The maximum atomic E-state index is 11.9. The lowest BCUT2D eigenvalue weighted by Crippen LogP contribution is -2.27. The molecule has 0 bridgehead atoms. The van der Waals surface area contributed by atoms with Crippen LogP contribution in [-0.2, 0) is 19.4 Å². The molecular weight excluding hydrogens is 376 g/mol. The van der Waals surface area contributed by atoms with Crippen LogP contribution in [0, 0.1) is 0 Å². The summed E-state index contributed by atoms with van der Waals surface area (Å²) in [6.45, 7) is 5.10. The summed E-state index contributed by atoms with van der Waals surface area (Å²) >= 11 is 6.08. The lowest BCUT2D eigenvalue weighted by Gasteiger charge is -2.20. The third-order valence-electron chi connectivity index (χ3n) is 3.30. The Bertz CT molecular complexity index is 897. The van der Waals surface area contributed by atoms with Gasteiger partial charge in [0.2, 0.25) is 0 Å². The Hall–Kier alpha value is -2.05. The second-order valence-corrected chi connectivity index (χ2v) is 9.26. The van der Waals surface area contributed by atoms with Crippen LogP contribution in [0.2, 0.25) is 5.02 Å². The minimum atomic E-state index is -3.28. The molecule has 0 fully saturated rings. The molecule has 0 aliphatic carbocycles. The van der Waals surface area contributed by atoms with Crippen LogP contribution >= 0.6 is 11.6 Å². The maximum Gasteiger partial charge on any atom is 0.344 e. The third-order valence-corrected chi connectivity index (χ3v) is 4.66. The highest BCUT2D eigenvalue weighted by molar-refractivity contribution is 7.90. The molecule has 7 heteroatoms. The first-order chi connectivity index (χ1) is 12.0. The SMILES string of the molecule is CC(C)(C)OC(=O)COc1ccc(Cl)cc1-c1ccc(S(C)(=O)=O)cc1. The van der Waals surface area contributed by atoms with E-state index >= 15 is 0 Å². The molecule has 5 nitrogen and oxygen atoms in total. The smallest absolute Gasteiger partial charge is 0.344 e. The Morgan fingerprint density at radius 2 is 1.69 bits per heavy atom. The largest absolute Gasteiger partial charge is 0.481 e. The third kappa shape index (κ3) is 5.75. The molecule has 0 aromatic heterocycles. The van der Waals surface area contributed by atoms with Gasteiger partial charge in [-0.3, -0.25) is 0 Å². The predicted octanol–water partition coefficient (Wildman–Crippen LogP) is 4.13. The number of hydrogen-bond donors (Lipinski definition) is 0. The Balaban J connectivity index is 2.26. The number of halogens is 1. The Morgan fingerprint density at radius 1 is 1.08 bits per heavy atom. The second kappa shape index (κ2) is 7.68. The van der Waals surface area contributed by atoms with Crippen molar-refractivity contribution in [3.05, 3.63) is 47.5 Å². The quantitative estimate of drug-likeness (QED) is 0.710. The molecule has 2 aromatic carbocycles. The zero-order chi connectivity index (χ0) is 19.5. The normalized spacial score (nSPS) is 11.9. The molecule has 26 heavy (non-hydrogen) atoms. The van der Waals surface area contributed by atoms with Gasteiger partial charge in [-0.15, -0.1) is 0 Å². The summed E-state index contributed by atoms with van der Waals surface area (Å²) in [6.07, 6.45) is 1.15. The Morgan fingerprint density at radius 3 is 2.23 bits per heavy atom. The maximum absolute atomic E-state index is 11.9. The molecule has 0 unspecified atom stereocenters. The average molecular weight is 397 g/mol. The van der Waals surface area contributed by atoms with E-state index in [1.807, 2.05) is 0 Å². The van der Waals surface area contributed by atoms with Crippen molar-refractivity contribution in [2.75, 3.05) is 12.9 Å². The Kier molecular flexibility index (Phi) is 5.98. The number of hydrogen-bond acceptors (Lipinski definition) is 5. The van der Waals surface area contributed by atoms with E-state index in [-0.39, 0.29) is 11.5 Å². The molecule has 0 amide bonds. The molecule has 0 aliphatic heterocycles. The highest BCUT2D eigenvalue weighted by atomic mass is 35.5. The molecule has 2 rings (SSSR count). The lowest BCUT2D eigenvalue weighted by molar-refractivity contribution is -0.157. The van der Waals surface area contributed by atoms with E-state index in [0.29, 0.717) is 16.3 Å². The molecule has 0 spiro atoms. The van der Waals surface area contributed by atoms with Crippen molar-refractivity contribution in [2.24, 2.45) is 0 Å². The van der Waals surface area contributed by atoms with Crippen LogP contribution in [0.25, 0.3) is 11.1 Å². The fourth-order valence-electron chi connectivity index (χ4n) is 2.24. The van der Waals surface area contributed by atoms with Gasteiger partial charge in [0.05, 0.1) is 4.90 Å². The van der Waals surface area contributed by atoms with Gasteiger partial charge in [0.15, 0.2) is 16.4 Å². The first kappa shape index (κ1) is 20.3. The second-order valence-electron chi connectivity index (χ2n) is 6.81. The van der Waals surface area contributed by atoms with E-state index < -0.39 is 21.4 Å². The number of rotatable bonds is 5. The molecular formula is C19H21ClO5S. The van der Waals surface area contributed by atoms with Crippen LogP contribution in [0.4, 0.5) is 0 Å². The molecule has 0 aliphatic rings. The van der Waals surface area contributed by atoms with E-state index in [2.05, 4.69) is 0 Å². The van der Waals surface area contributed by atoms with Crippen molar-refractivity contribution in [1.82, 2.24) is 0 Å². The van der Waals surface area contributed by atoms with Crippen molar-refractivity contribution in [1.29, 1.82) is 0 Å². The van der Waals surface area contributed by atoms with Crippen LogP contribution in [0.15, 0.2) is 47.4 Å². The van der Waals surface area contributed by atoms with Gasteiger partial charge >= 0.3 is 5.97 Å². The van der Waals surface area contributed by atoms with Gasteiger partial charge in [0, 0.05) is 16.8 Å². The molecule has 0 radical (unpaired) electrons. The van der Waals surface area contributed by atoms with Gasteiger partial charge in [0.1, 0.15) is 11.4 Å². The van der Waals surface area contributed by atoms with Gasteiger partial charge in [-0.05, 0) is 56.7 Å². The first-order valence-corrected chi connectivity index (χ1v) is 10.2. The summed E-state index contributed by atoms with van der Waals surface area (Å²) < 4.78 is 34.0. The minimum Gasteiger partial charge on any atom is -0.481 e. The average Bonchev–Trinajstić information content (AvgIpc) is 2.51. The molecule has 0 saturated carbocycles. The monoisotopic (exact) mass is 396 g/mol. The van der Waals surface area contributed by atoms with Crippen molar-refractivity contribution >= 4 is 27.4 Å². The number of carbonyl (C=O) groups excluding carboxylic acids is 1. The highest BCUT2D eigenvalue weighted by Crippen LogP contribution is 2.33. The molecule has 0 N–H and O–H groups in total. The fourth-order valence-corrected chi connectivity index (χ4v) is 3.05. The minimum absolute atomic E-state index is 0.222. The van der Waals surface area contributed by atoms with Gasteiger partial charge in [-0.2, -0.15) is 0 Å².